The highest BCUT2D eigenvalue weighted by molar-refractivity contribution is 5.95. The lowest BCUT2D eigenvalue weighted by molar-refractivity contribution is 0.0758. The summed E-state index contributed by atoms with van der Waals surface area (Å²) in [5.41, 5.74) is 0.666. The summed E-state index contributed by atoms with van der Waals surface area (Å²) < 4.78 is 16.2. The number of hydrogen-bond donors (Lipinski definition) is 0. The Balaban J connectivity index is 1.63. The van der Waals surface area contributed by atoms with Crippen LogP contribution in [0, 0.1) is 0 Å². The second-order valence-electron chi connectivity index (χ2n) is 5.84. The molecule has 0 unspecified atom stereocenters. The van der Waals surface area contributed by atoms with E-state index < -0.39 is 0 Å². The maximum atomic E-state index is 12.7. The molecule has 2 aliphatic rings. The highest BCUT2D eigenvalue weighted by Gasteiger charge is 2.22. The number of fused-ring (bicyclic) bond motifs is 1. The van der Waals surface area contributed by atoms with Crippen molar-refractivity contribution < 1.29 is 19.0 Å². The molecule has 2 aliphatic heterocycles. The number of benzene rings is 1. The summed E-state index contributed by atoms with van der Waals surface area (Å²) in [6.07, 6.45) is 0.986. The van der Waals surface area contributed by atoms with Gasteiger partial charge in [0, 0.05) is 38.9 Å². The summed E-state index contributed by atoms with van der Waals surface area (Å²) in [6, 6.07) is 5.44. The topological polar surface area (TPSA) is 51.2 Å². The van der Waals surface area contributed by atoms with Crippen molar-refractivity contribution in [1.82, 2.24) is 9.80 Å². The lowest BCUT2D eigenvalue weighted by Crippen LogP contribution is -2.36. The molecule has 1 saturated heterocycles. The second kappa shape index (κ2) is 7.66. The van der Waals surface area contributed by atoms with Crippen molar-refractivity contribution in [2.45, 2.75) is 6.42 Å². The van der Waals surface area contributed by atoms with Crippen LogP contribution in [0.2, 0.25) is 0 Å². The largest absolute Gasteiger partial charge is 0.486 e. The predicted molar refractivity (Wildman–Crippen MR) is 86.3 cm³/mol. The van der Waals surface area contributed by atoms with Crippen LogP contribution >= 0.6 is 0 Å². The van der Waals surface area contributed by atoms with Crippen LogP contribution in [0.5, 0.6) is 11.5 Å². The maximum Gasteiger partial charge on any atom is 0.254 e. The predicted octanol–water partition coefficient (Wildman–Crippen LogP) is 1.25. The molecule has 2 heterocycles. The zero-order valence-electron chi connectivity index (χ0n) is 13.6. The van der Waals surface area contributed by atoms with Gasteiger partial charge in [-0.3, -0.25) is 9.69 Å². The minimum absolute atomic E-state index is 0.0653. The lowest BCUT2D eigenvalue weighted by Gasteiger charge is -2.23. The Morgan fingerprint density at radius 3 is 2.78 bits per heavy atom. The number of rotatable bonds is 4. The zero-order chi connectivity index (χ0) is 16.1. The van der Waals surface area contributed by atoms with Gasteiger partial charge in [-0.15, -0.1) is 0 Å². The van der Waals surface area contributed by atoms with E-state index in [2.05, 4.69) is 4.90 Å². The quantitative estimate of drug-likeness (QED) is 0.836. The van der Waals surface area contributed by atoms with Gasteiger partial charge < -0.3 is 19.1 Å². The molecular weight excluding hydrogens is 296 g/mol. The van der Waals surface area contributed by atoms with Gasteiger partial charge in [0.15, 0.2) is 11.5 Å². The number of amides is 1. The summed E-state index contributed by atoms with van der Waals surface area (Å²) in [7, 11) is 1.72. The Hall–Kier alpha value is -1.79. The van der Waals surface area contributed by atoms with E-state index in [4.69, 9.17) is 14.2 Å². The van der Waals surface area contributed by atoms with Crippen LogP contribution in [0.1, 0.15) is 16.8 Å². The summed E-state index contributed by atoms with van der Waals surface area (Å²) in [4.78, 5) is 17.0. The maximum absolute atomic E-state index is 12.7. The number of carbonyl (C=O) groups excluding carboxylic acids is 1. The third kappa shape index (κ3) is 3.95. The van der Waals surface area contributed by atoms with Crippen molar-refractivity contribution in [3.63, 3.8) is 0 Å². The molecule has 6 nitrogen and oxygen atoms in total. The molecule has 0 saturated carbocycles. The number of nitrogens with zero attached hydrogens (tertiary/aromatic N) is 2. The molecule has 1 amide bonds. The van der Waals surface area contributed by atoms with Gasteiger partial charge in [0.25, 0.3) is 5.91 Å². The average molecular weight is 320 g/mol. The monoisotopic (exact) mass is 320 g/mol. The Morgan fingerprint density at radius 1 is 1.13 bits per heavy atom. The molecule has 0 atom stereocenters. The first-order valence-corrected chi connectivity index (χ1v) is 8.18. The smallest absolute Gasteiger partial charge is 0.254 e. The molecular formula is C17H24N2O4. The molecule has 1 fully saturated rings. The van der Waals surface area contributed by atoms with E-state index in [1.165, 1.54) is 0 Å². The van der Waals surface area contributed by atoms with E-state index in [0.717, 1.165) is 51.5 Å². The van der Waals surface area contributed by atoms with Gasteiger partial charge in [-0.25, -0.2) is 0 Å². The SMILES string of the molecule is COCCN1CCCN(C(=O)c2ccc3c(c2)OCCO3)CC1. The fourth-order valence-corrected chi connectivity index (χ4v) is 2.98. The summed E-state index contributed by atoms with van der Waals surface area (Å²) in [5.74, 6) is 1.45. The molecule has 126 valence electrons. The third-order valence-corrected chi connectivity index (χ3v) is 4.28. The average Bonchev–Trinajstić information content (AvgIpc) is 2.84. The van der Waals surface area contributed by atoms with Gasteiger partial charge in [0.05, 0.1) is 6.61 Å². The summed E-state index contributed by atoms with van der Waals surface area (Å²) in [5, 5.41) is 0. The van der Waals surface area contributed by atoms with Crippen molar-refractivity contribution in [3.05, 3.63) is 23.8 Å². The number of ether oxygens (including phenoxy) is 3. The molecule has 0 radical (unpaired) electrons. The van der Waals surface area contributed by atoms with Gasteiger partial charge in [-0.1, -0.05) is 0 Å². The van der Waals surface area contributed by atoms with E-state index >= 15 is 0 Å². The van der Waals surface area contributed by atoms with Crippen molar-refractivity contribution >= 4 is 5.91 Å². The highest BCUT2D eigenvalue weighted by atomic mass is 16.6. The van der Waals surface area contributed by atoms with Gasteiger partial charge in [0.1, 0.15) is 13.2 Å². The Morgan fingerprint density at radius 2 is 1.96 bits per heavy atom. The van der Waals surface area contributed by atoms with Crippen LogP contribution in [-0.2, 0) is 4.74 Å². The van der Waals surface area contributed by atoms with Gasteiger partial charge in [-0.2, -0.15) is 0 Å². The van der Waals surface area contributed by atoms with Crippen LogP contribution in [-0.4, -0.2) is 75.4 Å². The van der Waals surface area contributed by atoms with Gasteiger partial charge in [0.2, 0.25) is 0 Å². The summed E-state index contributed by atoms with van der Waals surface area (Å²) in [6.45, 7) is 6.17. The highest BCUT2D eigenvalue weighted by Crippen LogP contribution is 2.31. The molecule has 0 N–H and O–H groups in total. The number of hydrogen-bond acceptors (Lipinski definition) is 5. The first-order valence-electron chi connectivity index (χ1n) is 8.18. The van der Waals surface area contributed by atoms with Gasteiger partial charge in [-0.05, 0) is 31.2 Å². The van der Waals surface area contributed by atoms with Crippen LogP contribution < -0.4 is 9.47 Å². The minimum atomic E-state index is 0.0653. The number of methoxy groups -OCH3 is 1. The standard InChI is InChI=1S/C17H24N2O4/c1-21-10-9-18-5-2-6-19(8-7-18)17(20)14-3-4-15-16(13-14)23-12-11-22-15/h3-4,13H,2,5-12H2,1H3. The van der Waals surface area contributed by atoms with Crippen LogP contribution in [0.15, 0.2) is 18.2 Å². The lowest BCUT2D eigenvalue weighted by atomic mass is 10.1. The molecule has 1 aromatic rings. The van der Waals surface area contributed by atoms with Gasteiger partial charge >= 0.3 is 0 Å². The molecule has 6 heteroatoms. The Bertz CT molecular complexity index is 549. The van der Waals surface area contributed by atoms with E-state index in [9.17, 15) is 4.79 Å². The fourth-order valence-electron chi connectivity index (χ4n) is 2.98. The molecule has 23 heavy (non-hydrogen) atoms. The minimum Gasteiger partial charge on any atom is -0.486 e. The van der Waals surface area contributed by atoms with E-state index in [1.807, 2.05) is 17.0 Å². The molecule has 0 aromatic heterocycles. The molecule has 3 rings (SSSR count). The normalized spacial score (nSPS) is 18.6. The third-order valence-electron chi connectivity index (χ3n) is 4.28. The van der Waals surface area contributed by atoms with Crippen LogP contribution in [0.3, 0.4) is 0 Å². The Kier molecular flexibility index (Phi) is 5.35. The molecule has 1 aromatic carbocycles. The zero-order valence-corrected chi connectivity index (χ0v) is 13.6. The van der Waals surface area contributed by atoms with E-state index in [-0.39, 0.29) is 5.91 Å². The number of carbonyl (C=O) groups is 1. The van der Waals surface area contributed by atoms with Crippen molar-refractivity contribution in [2.75, 3.05) is 59.7 Å². The van der Waals surface area contributed by atoms with Crippen LogP contribution in [0.4, 0.5) is 0 Å². The summed E-state index contributed by atoms with van der Waals surface area (Å²) >= 11 is 0. The first-order chi connectivity index (χ1) is 11.3. The van der Waals surface area contributed by atoms with E-state index in [1.54, 1.807) is 13.2 Å². The van der Waals surface area contributed by atoms with Crippen molar-refractivity contribution in [2.24, 2.45) is 0 Å². The van der Waals surface area contributed by atoms with Crippen molar-refractivity contribution in [1.29, 1.82) is 0 Å². The second-order valence-corrected chi connectivity index (χ2v) is 5.84. The van der Waals surface area contributed by atoms with Crippen molar-refractivity contribution in [3.8, 4) is 11.5 Å². The van der Waals surface area contributed by atoms with E-state index in [0.29, 0.717) is 24.5 Å². The Labute approximate surface area is 136 Å². The molecule has 0 bridgehead atoms. The first kappa shape index (κ1) is 16.1. The van der Waals surface area contributed by atoms with Crippen LogP contribution in [0.25, 0.3) is 0 Å². The fraction of sp³-hybridized carbons (Fsp3) is 0.588. The molecule has 0 aliphatic carbocycles. The molecule has 0 spiro atoms.